The van der Waals surface area contributed by atoms with Gasteiger partial charge in [-0.3, -0.25) is 4.79 Å². The van der Waals surface area contributed by atoms with Gasteiger partial charge in [0.05, 0.1) is 11.4 Å². The molecule has 0 radical (unpaired) electrons. The van der Waals surface area contributed by atoms with E-state index >= 15 is 0 Å². The third kappa shape index (κ3) is 2.77. The van der Waals surface area contributed by atoms with Gasteiger partial charge in [-0.05, 0) is 24.8 Å². The van der Waals surface area contributed by atoms with Crippen LogP contribution in [-0.4, -0.2) is 40.2 Å². The second kappa shape index (κ2) is 6.51. The van der Waals surface area contributed by atoms with Crippen LogP contribution < -0.4 is 5.32 Å². The van der Waals surface area contributed by atoms with Crippen molar-refractivity contribution in [3.63, 3.8) is 0 Å². The van der Waals surface area contributed by atoms with Crippen molar-refractivity contribution in [3.8, 4) is 0 Å². The van der Waals surface area contributed by atoms with E-state index in [0.717, 1.165) is 17.2 Å². The van der Waals surface area contributed by atoms with Crippen molar-refractivity contribution >= 4 is 28.4 Å². The number of aromatic nitrogens is 1. The predicted molar refractivity (Wildman–Crippen MR) is 96.6 cm³/mol. The number of nitrogens with one attached hydrogen (secondary N) is 1. The van der Waals surface area contributed by atoms with Crippen molar-refractivity contribution in [2.45, 2.75) is 13.3 Å². The van der Waals surface area contributed by atoms with Gasteiger partial charge < -0.3 is 9.84 Å². The van der Waals surface area contributed by atoms with Crippen LogP contribution in [0.1, 0.15) is 22.5 Å². The molecule has 4 rings (SSSR count). The number of fused-ring (bicyclic) bond motifs is 1. The fraction of sp³-hybridized carbons (Fsp3) is 0.211. The predicted octanol–water partition coefficient (Wildman–Crippen LogP) is 3.43. The van der Waals surface area contributed by atoms with Crippen LogP contribution in [0.25, 0.3) is 10.8 Å². The average Bonchev–Trinajstić information content (AvgIpc) is 3.30. The van der Waals surface area contributed by atoms with Crippen molar-refractivity contribution in [1.82, 2.24) is 15.2 Å². The van der Waals surface area contributed by atoms with Gasteiger partial charge in [0.15, 0.2) is 0 Å². The Morgan fingerprint density at radius 3 is 2.65 bits per heavy atom. The third-order valence-corrected chi connectivity index (χ3v) is 4.51. The molecule has 1 N–H and O–H groups in total. The minimum Gasteiger partial charge on any atom is -0.364 e. The van der Waals surface area contributed by atoms with Crippen molar-refractivity contribution in [1.29, 1.82) is 0 Å². The molecule has 0 aliphatic carbocycles. The number of nitrogens with zero attached hydrogens (tertiary/aromatic N) is 3. The summed E-state index contributed by atoms with van der Waals surface area (Å²) in [6.07, 6.45) is 2.04. The summed E-state index contributed by atoms with van der Waals surface area (Å²) in [5.41, 5.74) is 1.60. The van der Waals surface area contributed by atoms with E-state index in [4.69, 9.17) is 4.52 Å². The zero-order valence-corrected chi connectivity index (χ0v) is 14.3. The van der Waals surface area contributed by atoms with Crippen molar-refractivity contribution in [3.05, 3.63) is 60.0 Å². The Morgan fingerprint density at radius 2 is 1.85 bits per heavy atom. The first kappa shape index (κ1) is 16.1. The number of aryl methyl sites for hydroxylation is 1. The average molecular weight is 350 g/mol. The SMILES string of the molecule is Cc1nocc1C(=O)N1CCCN1C(=O)Nc1cccc2ccccc12. The maximum atomic E-state index is 12.8. The summed E-state index contributed by atoms with van der Waals surface area (Å²) in [7, 11) is 0. The second-order valence-electron chi connectivity index (χ2n) is 6.18. The lowest BCUT2D eigenvalue weighted by atomic mass is 10.1. The Hall–Kier alpha value is -3.35. The largest absolute Gasteiger partial charge is 0.364 e. The van der Waals surface area contributed by atoms with Gasteiger partial charge in [0.1, 0.15) is 11.8 Å². The topological polar surface area (TPSA) is 78.7 Å². The quantitative estimate of drug-likeness (QED) is 0.768. The molecule has 0 atom stereocenters. The molecule has 3 amide bonds. The molecule has 1 aromatic heterocycles. The first-order valence-corrected chi connectivity index (χ1v) is 8.44. The molecule has 0 spiro atoms. The normalized spacial score (nSPS) is 14.0. The molecule has 2 heterocycles. The van der Waals surface area contributed by atoms with Gasteiger partial charge in [0.25, 0.3) is 5.91 Å². The molecule has 3 aromatic rings. The smallest absolute Gasteiger partial charge is 0.340 e. The number of amides is 3. The fourth-order valence-electron chi connectivity index (χ4n) is 3.18. The van der Waals surface area contributed by atoms with Gasteiger partial charge >= 0.3 is 6.03 Å². The molecule has 2 aromatic carbocycles. The number of rotatable bonds is 2. The highest BCUT2D eigenvalue weighted by molar-refractivity contribution is 6.03. The number of urea groups is 1. The zero-order valence-electron chi connectivity index (χ0n) is 14.3. The Bertz CT molecular complexity index is 976. The van der Waals surface area contributed by atoms with Gasteiger partial charge in [-0.25, -0.2) is 14.8 Å². The van der Waals surface area contributed by atoms with Gasteiger partial charge in [-0.2, -0.15) is 0 Å². The van der Waals surface area contributed by atoms with E-state index in [1.54, 1.807) is 6.92 Å². The summed E-state index contributed by atoms with van der Waals surface area (Å²) >= 11 is 0. The van der Waals surface area contributed by atoms with Crippen LogP contribution in [0.3, 0.4) is 0 Å². The molecule has 0 unspecified atom stereocenters. The molecular formula is C19H18N4O3. The molecule has 132 valence electrons. The number of hydrogen-bond acceptors (Lipinski definition) is 4. The van der Waals surface area contributed by atoms with Gasteiger partial charge in [-0.1, -0.05) is 41.6 Å². The second-order valence-corrected chi connectivity index (χ2v) is 6.18. The Kier molecular flexibility index (Phi) is 4.04. The Morgan fingerprint density at radius 1 is 1.08 bits per heavy atom. The first-order valence-electron chi connectivity index (χ1n) is 8.44. The molecule has 7 nitrogen and oxygen atoms in total. The number of carbonyl (C=O) groups excluding carboxylic acids is 2. The molecule has 1 saturated heterocycles. The van der Waals surface area contributed by atoms with Crippen LogP contribution in [0, 0.1) is 6.92 Å². The van der Waals surface area contributed by atoms with Crippen LogP contribution in [0.15, 0.2) is 53.3 Å². The minimum absolute atomic E-state index is 0.283. The van der Waals surface area contributed by atoms with Crippen LogP contribution in [0.4, 0.5) is 10.5 Å². The molecular weight excluding hydrogens is 332 g/mol. The summed E-state index contributed by atoms with van der Waals surface area (Å²) in [4.78, 5) is 25.5. The highest BCUT2D eigenvalue weighted by Gasteiger charge is 2.33. The zero-order chi connectivity index (χ0) is 18.1. The van der Waals surface area contributed by atoms with Gasteiger partial charge in [0, 0.05) is 18.5 Å². The van der Waals surface area contributed by atoms with E-state index in [9.17, 15) is 9.59 Å². The molecule has 0 bridgehead atoms. The fourth-order valence-corrected chi connectivity index (χ4v) is 3.18. The summed E-state index contributed by atoms with van der Waals surface area (Å²) in [6.45, 7) is 2.66. The summed E-state index contributed by atoms with van der Waals surface area (Å²) in [6, 6.07) is 13.2. The highest BCUT2D eigenvalue weighted by atomic mass is 16.5. The van der Waals surface area contributed by atoms with Gasteiger partial charge in [-0.15, -0.1) is 0 Å². The van der Waals surface area contributed by atoms with E-state index in [2.05, 4.69) is 10.5 Å². The number of carbonyl (C=O) groups is 2. The number of benzene rings is 2. The van der Waals surface area contributed by atoms with Crippen LogP contribution in [0.2, 0.25) is 0 Å². The van der Waals surface area contributed by atoms with E-state index < -0.39 is 0 Å². The number of hydrazine groups is 1. The lowest BCUT2D eigenvalue weighted by molar-refractivity contribution is 0.0403. The maximum absolute atomic E-state index is 12.8. The molecule has 1 fully saturated rings. The minimum atomic E-state index is -0.332. The van der Waals surface area contributed by atoms with Gasteiger partial charge in [0.2, 0.25) is 0 Å². The van der Waals surface area contributed by atoms with E-state index in [0.29, 0.717) is 30.0 Å². The molecule has 1 aliphatic heterocycles. The highest BCUT2D eigenvalue weighted by Crippen LogP contribution is 2.24. The maximum Gasteiger partial charge on any atom is 0.340 e. The summed E-state index contributed by atoms with van der Waals surface area (Å²) in [5.74, 6) is -0.283. The third-order valence-electron chi connectivity index (χ3n) is 4.51. The molecule has 0 saturated carbocycles. The van der Waals surface area contributed by atoms with Crippen molar-refractivity contribution in [2.75, 3.05) is 18.4 Å². The Balaban J connectivity index is 1.57. The standard InChI is InChI=1S/C19H18N4O3/c1-13-16(12-26-21-13)18(24)22-10-5-11-23(22)19(25)20-17-9-4-7-14-6-2-3-8-15(14)17/h2-4,6-9,12H,5,10-11H2,1H3,(H,20,25). The van der Waals surface area contributed by atoms with Crippen LogP contribution >= 0.6 is 0 Å². The molecule has 7 heteroatoms. The van der Waals surface area contributed by atoms with Crippen LogP contribution in [0.5, 0.6) is 0 Å². The Labute approximate surface area is 150 Å². The molecule has 26 heavy (non-hydrogen) atoms. The summed E-state index contributed by atoms with van der Waals surface area (Å²) in [5, 5.41) is 11.5. The monoisotopic (exact) mass is 350 g/mol. The number of anilines is 1. The van der Waals surface area contributed by atoms with E-state index in [1.807, 2.05) is 42.5 Å². The van der Waals surface area contributed by atoms with E-state index in [-0.39, 0.29) is 11.9 Å². The van der Waals surface area contributed by atoms with Crippen LogP contribution in [-0.2, 0) is 0 Å². The first-order chi connectivity index (χ1) is 12.6. The summed E-state index contributed by atoms with van der Waals surface area (Å²) < 4.78 is 4.85. The lowest BCUT2D eigenvalue weighted by Crippen LogP contribution is -2.46. The van der Waals surface area contributed by atoms with Crippen molar-refractivity contribution in [2.24, 2.45) is 0 Å². The molecule has 1 aliphatic rings. The van der Waals surface area contributed by atoms with Crippen molar-refractivity contribution < 1.29 is 14.1 Å². The lowest BCUT2D eigenvalue weighted by Gasteiger charge is -2.27. The number of hydrogen-bond donors (Lipinski definition) is 1. The van der Waals surface area contributed by atoms with E-state index in [1.165, 1.54) is 16.3 Å².